The number of nitrogens with zero attached hydrogens (tertiary/aromatic N) is 3. The number of hydrogen-bond donors (Lipinski definition) is 9. The SMILES string of the molecule is OCC1OC(O)C(O)[C@@H](O)[C@@H]1O.[N-]=[N+]=N[C@H]1OC(CO)[C@@H](O)[C@H](O)C1O. The molecule has 5 unspecified atom stereocenters. The lowest BCUT2D eigenvalue weighted by Gasteiger charge is -2.37. The van der Waals surface area contributed by atoms with Crippen molar-refractivity contribution in [3.63, 3.8) is 0 Å². The highest BCUT2D eigenvalue weighted by molar-refractivity contribution is 4.91. The molecular weight excluding hydrogens is 362 g/mol. The number of azide groups is 1. The van der Waals surface area contributed by atoms with Gasteiger partial charge in [0.2, 0.25) is 0 Å². The summed E-state index contributed by atoms with van der Waals surface area (Å²) in [5.41, 5.74) is 8.11. The first-order chi connectivity index (χ1) is 12.2. The second kappa shape index (κ2) is 10.3. The summed E-state index contributed by atoms with van der Waals surface area (Å²) in [6, 6.07) is 0. The Hall–Kier alpha value is -1.13. The first kappa shape index (κ1) is 22.9. The maximum Gasteiger partial charge on any atom is 0.184 e. The highest BCUT2D eigenvalue weighted by Crippen LogP contribution is 2.22. The molecular formula is C12H23N3O11. The van der Waals surface area contributed by atoms with Gasteiger partial charge in [-0.25, -0.2) is 0 Å². The quantitative estimate of drug-likeness (QED) is 0.126. The largest absolute Gasteiger partial charge is 0.394 e. The lowest BCUT2D eigenvalue weighted by molar-refractivity contribution is -0.286. The van der Waals surface area contributed by atoms with Crippen molar-refractivity contribution < 1.29 is 55.4 Å². The fourth-order valence-electron chi connectivity index (χ4n) is 2.31. The molecule has 2 heterocycles. The molecule has 0 amide bonds. The lowest BCUT2D eigenvalue weighted by atomic mass is 9.99. The van der Waals surface area contributed by atoms with Crippen molar-refractivity contribution in [1.82, 2.24) is 0 Å². The molecule has 2 aliphatic heterocycles. The summed E-state index contributed by atoms with van der Waals surface area (Å²) >= 11 is 0. The molecule has 2 saturated heterocycles. The molecule has 0 bridgehead atoms. The van der Waals surface area contributed by atoms with Crippen molar-refractivity contribution in [3.05, 3.63) is 10.4 Å². The van der Waals surface area contributed by atoms with Gasteiger partial charge in [0.05, 0.1) is 13.2 Å². The van der Waals surface area contributed by atoms with Crippen LogP contribution in [0.4, 0.5) is 0 Å². The first-order valence-electron chi connectivity index (χ1n) is 7.52. The molecule has 9 N–H and O–H groups in total. The van der Waals surface area contributed by atoms with Crippen LogP contribution in [-0.2, 0) is 9.47 Å². The van der Waals surface area contributed by atoms with Gasteiger partial charge >= 0.3 is 0 Å². The van der Waals surface area contributed by atoms with Gasteiger partial charge in [-0.3, -0.25) is 0 Å². The molecule has 0 aliphatic carbocycles. The van der Waals surface area contributed by atoms with Crippen LogP contribution in [0.25, 0.3) is 10.4 Å². The minimum atomic E-state index is -1.57. The van der Waals surface area contributed by atoms with E-state index in [1.54, 1.807) is 0 Å². The zero-order chi connectivity index (χ0) is 20.0. The lowest BCUT2D eigenvalue weighted by Crippen LogP contribution is -2.58. The highest BCUT2D eigenvalue weighted by Gasteiger charge is 2.43. The van der Waals surface area contributed by atoms with Crippen LogP contribution in [0, 0.1) is 0 Å². The fourth-order valence-corrected chi connectivity index (χ4v) is 2.31. The molecule has 0 radical (unpaired) electrons. The van der Waals surface area contributed by atoms with E-state index >= 15 is 0 Å². The monoisotopic (exact) mass is 385 g/mol. The number of hydrogen-bond acceptors (Lipinski definition) is 12. The van der Waals surface area contributed by atoms with Gasteiger partial charge in [0.1, 0.15) is 48.8 Å². The summed E-state index contributed by atoms with van der Waals surface area (Å²) in [5, 5.41) is 84.3. The predicted molar refractivity (Wildman–Crippen MR) is 78.9 cm³/mol. The van der Waals surface area contributed by atoms with Crippen LogP contribution in [0.2, 0.25) is 0 Å². The third-order valence-corrected chi connectivity index (χ3v) is 3.90. The second-order valence-corrected chi connectivity index (χ2v) is 5.64. The van der Waals surface area contributed by atoms with E-state index in [0.29, 0.717) is 0 Å². The van der Waals surface area contributed by atoms with Gasteiger partial charge in [-0.1, -0.05) is 5.11 Å². The van der Waals surface area contributed by atoms with Crippen molar-refractivity contribution in [2.45, 2.75) is 61.3 Å². The van der Waals surface area contributed by atoms with Crippen LogP contribution in [0.5, 0.6) is 0 Å². The van der Waals surface area contributed by atoms with Crippen LogP contribution >= 0.6 is 0 Å². The molecule has 14 heteroatoms. The van der Waals surface area contributed by atoms with Gasteiger partial charge in [-0.15, -0.1) is 0 Å². The standard InChI is InChI=1S/C6H11N3O5.C6H12O6/c7-9-8-6-5(13)4(12)3(11)2(1-10)14-6;7-1-2-3(8)4(9)5(10)6(11)12-2/h2-6,10-13H,1H2;2-11H,1H2/t2?,3-,4+,5?,6+;2?,3-,4+,5?,6?/m11/s1. The average molecular weight is 385 g/mol. The minimum absolute atomic E-state index is 0.526. The van der Waals surface area contributed by atoms with Gasteiger partial charge < -0.3 is 55.4 Å². The van der Waals surface area contributed by atoms with Crippen LogP contribution in [0.1, 0.15) is 0 Å². The third-order valence-electron chi connectivity index (χ3n) is 3.90. The predicted octanol–water partition coefficient (Wildman–Crippen LogP) is -5.12. The van der Waals surface area contributed by atoms with E-state index in [-0.39, 0.29) is 0 Å². The molecule has 0 spiro atoms. The smallest absolute Gasteiger partial charge is 0.184 e. The van der Waals surface area contributed by atoms with Crippen molar-refractivity contribution in [2.24, 2.45) is 5.11 Å². The van der Waals surface area contributed by atoms with E-state index < -0.39 is 74.6 Å². The Kier molecular flexibility index (Phi) is 9.05. The fraction of sp³-hybridized carbons (Fsp3) is 1.00. The molecule has 0 aromatic rings. The molecule has 2 rings (SSSR count). The Morgan fingerprint density at radius 2 is 1.15 bits per heavy atom. The zero-order valence-electron chi connectivity index (χ0n) is 13.4. The van der Waals surface area contributed by atoms with Crippen LogP contribution in [0.15, 0.2) is 5.11 Å². The molecule has 2 aliphatic rings. The number of rotatable bonds is 3. The summed E-state index contributed by atoms with van der Waals surface area (Å²) in [4.78, 5) is 2.40. The average Bonchev–Trinajstić information content (AvgIpc) is 2.64. The van der Waals surface area contributed by atoms with Gasteiger partial charge in [-0.2, -0.15) is 0 Å². The third kappa shape index (κ3) is 5.20. The molecule has 152 valence electrons. The summed E-state index contributed by atoms with van der Waals surface area (Å²) < 4.78 is 9.42. The minimum Gasteiger partial charge on any atom is -0.394 e. The van der Waals surface area contributed by atoms with E-state index in [1.165, 1.54) is 0 Å². The Balaban J connectivity index is 0.000000263. The number of aliphatic hydroxyl groups is 9. The van der Waals surface area contributed by atoms with Gasteiger partial charge in [0.15, 0.2) is 12.5 Å². The second-order valence-electron chi connectivity index (χ2n) is 5.64. The maximum absolute atomic E-state index is 9.27. The van der Waals surface area contributed by atoms with Gasteiger partial charge in [0, 0.05) is 4.91 Å². The van der Waals surface area contributed by atoms with Crippen LogP contribution < -0.4 is 0 Å². The molecule has 2 fully saturated rings. The maximum atomic E-state index is 9.27. The molecule has 0 saturated carbocycles. The Morgan fingerprint density at radius 3 is 1.62 bits per heavy atom. The zero-order valence-corrected chi connectivity index (χ0v) is 13.4. The van der Waals surface area contributed by atoms with E-state index in [9.17, 15) is 15.3 Å². The Labute approximate surface area is 146 Å². The van der Waals surface area contributed by atoms with Gasteiger partial charge in [-0.05, 0) is 5.53 Å². The molecule has 14 nitrogen and oxygen atoms in total. The summed E-state index contributed by atoms with van der Waals surface area (Å²) in [5.74, 6) is 0. The van der Waals surface area contributed by atoms with Crippen molar-refractivity contribution in [3.8, 4) is 0 Å². The van der Waals surface area contributed by atoms with Crippen molar-refractivity contribution in [2.75, 3.05) is 13.2 Å². The normalized spacial score (nSPS) is 45.9. The Morgan fingerprint density at radius 1 is 0.692 bits per heavy atom. The van der Waals surface area contributed by atoms with E-state index in [0.717, 1.165) is 0 Å². The number of ether oxygens (including phenoxy) is 2. The van der Waals surface area contributed by atoms with E-state index in [1.807, 2.05) is 0 Å². The van der Waals surface area contributed by atoms with E-state index in [4.69, 9.17) is 40.9 Å². The first-order valence-corrected chi connectivity index (χ1v) is 7.52. The highest BCUT2D eigenvalue weighted by atomic mass is 16.6. The Bertz CT molecular complexity index is 473. The summed E-state index contributed by atoms with van der Waals surface area (Å²) in [7, 11) is 0. The van der Waals surface area contributed by atoms with Crippen LogP contribution in [0.3, 0.4) is 0 Å². The van der Waals surface area contributed by atoms with Gasteiger partial charge in [0.25, 0.3) is 0 Å². The molecule has 0 aromatic carbocycles. The van der Waals surface area contributed by atoms with E-state index in [2.05, 4.69) is 14.8 Å². The topological polar surface area (TPSA) is 249 Å². The molecule has 26 heavy (non-hydrogen) atoms. The number of aliphatic hydroxyl groups excluding tert-OH is 9. The van der Waals surface area contributed by atoms with Crippen molar-refractivity contribution >= 4 is 0 Å². The molecule has 10 atom stereocenters. The summed E-state index contributed by atoms with van der Waals surface area (Å²) in [6.45, 7) is -1.07. The molecule has 0 aromatic heterocycles. The summed E-state index contributed by atoms with van der Waals surface area (Å²) in [6.07, 6.45) is -13.8. The van der Waals surface area contributed by atoms with Crippen molar-refractivity contribution in [1.29, 1.82) is 0 Å². The van der Waals surface area contributed by atoms with Crippen LogP contribution in [-0.4, -0.2) is 121 Å².